The van der Waals surface area contributed by atoms with Gasteiger partial charge in [-0.1, -0.05) is 0 Å². The number of aryl methyl sites for hydroxylation is 2. The summed E-state index contributed by atoms with van der Waals surface area (Å²) in [5, 5.41) is 2.10. The summed E-state index contributed by atoms with van der Waals surface area (Å²) in [5.41, 5.74) is 3.61. The Morgan fingerprint density at radius 3 is 3.18 bits per heavy atom. The van der Waals surface area contributed by atoms with Crippen LogP contribution in [0.2, 0.25) is 0 Å². The van der Waals surface area contributed by atoms with Crippen molar-refractivity contribution in [1.29, 1.82) is 0 Å². The maximum Gasteiger partial charge on any atom is 0.223 e. The molecule has 0 N–H and O–H groups in total. The number of aromatic nitrogens is 2. The van der Waals surface area contributed by atoms with E-state index in [0.717, 1.165) is 36.9 Å². The lowest BCUT2D eigenvalue weighted by molar-refractivity contribution is -0.134. The number of fused-ring (bicyclic) bond motifs is 4. The van der Waals surface area contributed by atoms with Crippen LogP contribution in [-0.2, 0) is 17.6 Å². The smallest absolute Gasteiger partial charge is 0.223 e. The minimum Gasteiger partial charge on any atom is -0.332 e. The van der Waals surface area contributed by atoms with Gasteiger partial charge in [-0.15, -0.1) is 11.3 Å². The Labute approximate surface area is 134 Å². The molecule has 1 fully saturated rings. The predicted molar refractivity (Wildman–Crippen MR) is 85.7 cm³/mol. The van der Waals surface area contributed by atoms with Crippen LogP contribution in [0.25, 0.3) is 0 Å². The summed E-state index contributed by atoms with van der Waals surface area (Å²) in [6.07, 6.45) is 8.01. The zero-order valence-corrected chi connectivity index (χ0v) is 13.5. The molecule has 4 nitrogen and oxygen atoms in total. The molecule has 2 atom stereocenters. The summed E-state index contributed by atoms with van der Waals surface area (Å²) < 4.78 is 0. The fraction of sp³-hybridized carbons (Fsp3) is 0.471. The Bertz CT molecular complexity index is 711. The van der Waals surface area contributed by atoms with Gasteiger partial charge < -0.3 is 4.90 Å². The Hall–Kier alpha value is -1.75. The van der Waals surface area contributed by atoms with E-state index >= 15 is 0 Å². The van der Waals surface area contributed by atoms with Crippen LogP contribution in [0.5, 0.6) is 0 Å². The summed E-state index contributed by atoms with van der Waals surface area (Å²) in [6.45, 7) is 2.12. The number of carbonyl (C=O) groups excluding carboxylic acids is 1. The second-order valence-corrected chi connectivity index (χ2v) is 7.20. The van der Waals surface area contributed by atoms with Crippen LogP contribution in [-0.4, -0.2) is 26.8 Å². The van der Waals surface area contributed by atoms with Gasteiger partial charge in [-0.05, 0) is 43.2 Å². The summed E-state index contributed by atoms with van der Waals surface area (Å²) in [5.74, 6) is 0.287. The zero-order chi connectivity index (χ0) is 15.1. The average molecular weight is 313 g/mol. The van der Waals surface area contributed by atoms with Crippen LogP contribution in [0.1, 0.15) is 47.0 Å². The van der Waals surface area contributed by atoms with Crippen molar-refractivity contribution in [2.24, 2.45) is 0 Å². The lowest BCUT2D eigenvalue weighted by atomic mass is 9.98. The molecule has 1 amide bonds. The van der Waals surface area contributed by atoms with E-state index in [1.807, 2.05) is 6.20 Å². The van der Waals surface area contributed by atoms with E-state index < -0.39 is 0 Å². The molecule has 4 heterocycles. The second-order valence-electron chi connectivity index (χ2n) is 6.20. The van der Waals surface area contributed by atoms with Gasteiger partial charge in [0, 0.05) is 35.5 Å². The van der Waals surface area contributed by atoms with Gasteiger partial charge in [0.1, 0.15) is 6.33 Å². The Morgan fingerprint density at radius 2 is 2.36 bits per heavy atom. The van der Waals surface area contributed by atoms with Gasteiger partial charge in [-0.25, -0.2) is 9.97 Å². The van der Waals surface area contributed by atoms with Crippen LogP contribution >= 0.6 is 11.3 Å². The molecule has 1 saturated heterocycles. The number of thiophene rings is 1. The minimum atomic E-state index is 0.201. The lowest BCUT2D eigenvalue weighted by Gasteiger charge is -2.35. The molecule has 22 heavy (non-hydrogen) atoms. The highest BCUT2D eigenvalue weighted by Gasteiger charge is 2.42. The first-order chi connectivity index (χ1) is 10.7. The maximum absolute atomic E-state index is 12.8. The number of rotatable bonds is 3. The quantitative estimate of drug-likeness (QED) is 0.875. The average Bonchev–Trinajstić information content (AvgIpc) is 3.08. The molecule has 114 valence electrons. The van der Waals surface area contributed by atoms with Crippen molar-refractivity contribution in [2.45, 2.75) is 51.1 Å². The summed E-state index contributed by atoms with van der Waals surface area (Å²) >= 11 is 1.75. The van der Waals surface area contributed by atoms with Gasteiger partial charge >= 0.3 is 0 Å². The molecule has 0 aliphatic carbocycles. The fourth-order valence-electron chi connectivity index (χ4n) is 3.81. The molecule has 2 aliphatic rings. The molecule has 0 saturated carbocycles. The topological polar surface area (TPSA) is 46.1 Å². The Kier molecular flexibility index (Phi) is 3.45. The predicted octanol–water partition coefficient (Wildman–Crippen LogP) is 3.07. The van der Waals surface area contributed by atoms with E-state index in [0.29, 0.717) is 12.5 Å². The highest BCUT2D eigenvalue weighted by Crippen LogP contribution is 2.43. The van der Waals surface area contributed by atoms with Gasteiger partial charge in [0.05, 0.1) is 11.7 Å². The summed E-state index contributed by atoms with van der Waals surface area (Å²) in [7, 11) is 0. The molecule has 2 unspecified atom stereocenters. The van der Waals surface area contributed by atoms with Crippen LogP contribution in [0.15, 0.2) is 24.0 Å². The third kappa shape index (κ3) is 2.24. The van der Waals surface area contributed by atoms with Crippen molar-refractivity contribution in [3.63, 3.8) is 0 Å². The van der Waals surface area contributed by atoms with Gasteiger partial charge in [-0.2, -0.15) is 0 Å². The van der Waals surface area contributed by atoms with Crippen molar-refractivity contribution in [3.8, 4) is 0 Å². The number of amides is 1. The fourth-order valence-corrected chi connectivity index (χ4v) is 4.72. The van der Waals surface area contributed by atoms with E-state index in [1.165, 1.54) is 10.4 Å². The number of carbonyl (C=O) groups is 1. The zero-order valence-electron chi connectivity index (χ0n) is 12.7. The third-order valence-corrected chi connectivity index (χ3v) is 6.02. The van der Waals surface area contributed by atoms with Gasteiger partial charge in [0.2, 0.25) is 5.91 Å². The molecular formula is C17H19N3OS. The number of hydrogen-bond donors (Lipinski definition) is 0. The highest BCUT2D eigenvalue weighted by atomic mass is 32.1. The number of nitrogens with zero attached hydrogens (tertiary/aromatic N) is 3. The van der Waals surface area contributed by atoms with Crippen molar-refractivity contribution in [2.75, 3.05) is 0 Å². The highest BCUT2D eigenvalue weighted by molar-refractivity contribution is 7.10. The maximum atomic E-state index is 12.8. The molecule has 2 aromatic heterocycles. The third-order valence-electron chi connectivity index (χ3n) is 4.94. The van der Waals surface area contributed by atoms with E-state index in [-0.39, 0.29) is 11.9 Å². The van der Waals surface area contributed by atoms with E-state index in [1.54, 1.807) is 17.7 Å². The van der Waals surface area contributed by atoms with E-state index in [2.05, 4.69) is 33.2 Å². The molecular weight excluding hydrogens is 294 g/mol. The summed E-state index contributed by atoms with van der Waals surface area (Å²) in [4.78, 5) is 24.8. The van der Waals surface area contributed by atoms with Gasteiger partial charge in [0.15, 0.2) is 0 Å². The first-order valence-corrected chi connectivity index (χ1v) is 8.75. The van der Waals surface area contributed by atoms with Crippen LogP contribution in [0, 0.1) is 6.92 Å². The van der Waals surface area contributed by atoms with E-state index in [4.69, 9.17) is 0 Å². The SMILES string of the molecule is Cc1ccsc1CCC(=O)N1C2CCC1c1cncnc1C2. The molecule has 0 aromatic carbocycles. The minimum absolute atomic E-state index is 0.201. The Balaban J connectivity index is 1.51. The summed E-state index contributed by atoms with van der Waals surface area (Å²) in [6, 6.07) is 2.67. The first-order valence-electron chi connectivity index (χ1n) is 7.87. The van der Waals surface area contributed by atoms with Crippen molar-refractivity contribution in [3.05, 3.63) is 45.7 Å². The van der Waals surface area contributed by atoms with Crippen molar-refractivity contribution >= 4 is 17.2 Å². The van der Waals surface area contributed by atoms with Crippen LogP contribution < -0.4 is 0 Å². The Morgan fingerprint density at radius 1 is 1.45 bits per heavy atom. The van der Waals surface area contributed by atoms with Gasteiger partial charge in [0.25, 0.3) is 0 Å². The molecule has 2 bridgehead atoms. The molecule has 4 rings (SSSR count). The van der Waals surface area contributed by atoms with E-state index in [9.17, 15) is 4.79 Å². The second kappa shape index (κ2) is 5.47. The van der Waals surface area contributed by atoms with Crippen molar-refractivity contribution in [1.82, 2.24) is 14.9 Å². The van der Waals surface area contributed by atoms with Crippen LogP contribution in [0.3, 0.4) is 0 Å². The molecule has 2 aromatic rings. The number of hydrogen-bond acceptors (Lipinski definition) is 4. The standard InChI is InChI=1S/C17H19N3OS/c1-11-6-7-22-16(11)4-5-17(21)20-12-2-3-15(20)13-9-18-10-19-14(13)8-12/h6-7,9-10,12,15H,2-5,8H2,1H3. The molecule has 0 radical (unpaired) electrons. The first kappa shape index (κ1) is 13.9. The normalized spacial score (nSPS) is 22.7. The molecule has 2 aliphatic heterocycles. The molecule has 5 heteroatoms. The monoisotopic (exact) mass is 313 g/mol. The lowest BCUT2D eigenvalue weighted by Crippen LogP contribution is -2.42. The van der Waals surface area contributed by atoms with Crippen LogP contribution in [0.4, 0.5) is 0 Å². The largest absolute Gasteiger partial charge is 0.332 e. The van der Waals surface area contributed by atoms with Gasteiger partial charge in [-0.3, -0.25) is 4.79 Å². The molecule has 0 spiro atoms. The van der Waals surface area contributed by atoms with Crippen molar-refractivity contribution < 1.29 is 4.79 Å².